The molecule has 4 rings (SSSR count). The first kappa shape index (κ1) is 20.1. The van der Waals surface area contributed by atoms with Crippen LogP contribution in [0.5, 0.6) is 0 Å². The van der Waals surface area contributed by atoms with Crippen LogP contribution in [0.25, 0.3) is 0 Å². The summed E-state index contributed by atoms with van der Waals surface area (Å²) < 4.78 is 14.4. The smallest absolute Gasteiger partial charge is 0.251 e. The van der Waals surface area contributed by atoms with E-state index in [0.29, 0.717) is 17.9 Å². The van der Waals surface area contributed by atoms with Gasteiger partial charge < -0.3 is 10.0 Å². The third-order valence-corrected chi connectivity index (χ3v) is 5.83. The van der Waals surface area contributed by atoms with Gasteiger partial charge in [0.15, 0.2) is 11.6 Å². The zero-order valence-corrected chi connectivity index (χ0v) is 16.8. The van der Waals surface area contributed by atoms with Crippen molar-refractivity contribution >= 4 is 40.8 Å². The summed E-state index contributed by atoms with van der Waals surface area (Å²) in [6.07, 6.45) is 1.55. The maximum absolute atomic E-state index is 14.4. The molecule has 1 aromatic carbocycles. The van der Waals surface area contributed by atoms with E-state index in [1.54, 1.807) is 24.3 Å². The van der Waals surface area contributed by atoms with Gasteiger partial charge in [0.1, 0.15) is 12.6 Å². The third-order valence-electron chi connectivity index (χ3n) is 5.37. The molecule has 9 heteroatoms. The molecule has 0 radical (unpaired) electrons. The number of halogens is 3. The average molecular weight is 438 g/mol. The first-order valence-electron chi connectivity index (χ1n) is 9.18. The van der Waals surface area contributed by atoms with Gasteiger partial charge in [-0.3, -0.25) is 14.5 Å². The summed E-state index contributed by atoms with van der Waals surface area (Å²) in [6.45, 7) is -0.0902. The summed E-state index contributed by atoms with van der Waals surface area (Å²) in [5, 5.41) is 10.4. The summed E-state index contributed by atoms with van der Waals surface area (Å²) in [5.41, 5.74) is 0.824. The maximum Gasteiger partial charge on any atom is 0.251 e. The van der Waals surface area contributed by atoms with E-state index in [9.17, 15) is 19.1 Å². The number of nitrogens with zero attached hydrogens (tertiary/aromatic N) is 3. The SMILES string of the molecule is O=C1[C@H](C2CC(O)C2)N(Cc2ccc(Cl)cc2)C(=O)CN1c1ncc(Cl)cc1F. The number of rotatable bonds is 4. The van der Waals surface area contributed by atoms with E-state index in [1.165, 1.54) is 11.1 Å². The van der Waals surface area contributed by atoms with Crippen molar-refractivity contribution in [2.75, 3.05) is 11.4 Å². The fourth-order valence-electron chi connectivity index (χ4n) is 3.85. The minimum absolute atomic E-state index is 0.102. The molecule has 0 spiro atoms. The van der Waals surface area contributed by atoms with Crippen LogP contribution in [0.3, 0.4) is 0 Å². The van der Waals surface area contributed by atoms with Crippen LogP contribution in [0.15, 0.2) is 36.5 Å². The Morgan fingerprint density at radius 2 is 1.83 bits per heavy atom. The number of carbonyl (C=O) groups is 2. The van der Waals surface area contributed by atoms with Crippen molar-refractivity contribution in [1.82, 2.24) is 9.88 Å². The Morgan fingerprint density at radius 1 is 1.14 bits per heavy atom. The maximum atomic E-state index is 14.4. The molecule has 2 amide bonds. The Morgan fingerprint density at radius 3 is 2.45 bits per heavy atom. The number of aliphatic hydroxyl groups is 1. The largest absolute Gasteiger partial charge is 0.393 e. The Labute approximate surface area is 176 Å². The summed E-state index contributed by atoms with van der Waals surface area (Å²) in [5.74, 6) is -1.92. The van der Waals surface area contributed by atoms with Crippen molar-refractivity contribution in [1.29, 1.82) is 0 Å². The number of anilines is 1. The number of aromatic nitrogens is 1. The lowest BCUT2D eigenvalue weighted by Crippen LogP contribution is -2.64. The van der Waals surface area contributed by atoms with E-state index in [4.69, 9.17) is 23.2 Å². The standard InChI is InChI=1S/C20H18Cl2FN3O3/c21-13-3-1-11(2-4-13)9-25-17(28)10-26(19-16(23)7-14(22)8-24-19)20(29)18(25)12-5-15(27)6-12/h1-4,7-8,12,15,18,27H,5-6,9-10H2/t12?,15?,18-/m0/s1. The highest BCUT2D eigenvalue weighted by atomic mass is 35.5. The topological polar surface area (TPSA) is 73.7 Å². The second-order valence-electron chi connectivity index (χ2n) is 7.36. The number of hydrogen-bond donors (Lipinski definition) is 1. The van der Waals surface area contributed by atoms with Crippen LogP contribution in [0.1, 0.15) is 18.4 Å². The lowest BCUT2D eigenvalue weighted by molar-refractivity contribution is -0.149. The number of hydrogen-bond acceptors (Lipinski definition) is 4. The number of carbonyl (C=O) groups excluding carboxylic acids is 2. The Kier molecular flexibility index (Phi) is 5.46. The summed E-state index contributed by atoms with van der Waals surface area (Å²) >= 11 is 11.7. The van der Waals surface area contributed by atoms with Crippen molar-refractivity contribution in [2.45, 2.75) is 31.5 Å². The third kappa shape index (κ3) is 3.95. The molecule has 29 heavy (non-hydrogen) atoms. The number of pyridine rings is 1. The molecular weight excluding hydrogens is 420 g/mol. The van der Waals surface area contributed by atoms with Gasteiger partial charge in [-0.15, -0.1) is 0 Å². The van der Waals surface area contributed by atoms with Crippen LogP contribution in [0, 0.1) is 11.7 Å². The Bertz CT molecular complexity index is 950. The lowest BCUT2D eigenvalue weighted by atomic mass is 9.75. The van der Waals surface area contributed by atoms with Crippen molar-refractivity contribution in [3.63, 3.8) is 0 Å². The highest BCUT2D eigenvalue weighted by Gasteiger charge is 2.48. The van der Waals surface area contributed by atoms with Crippen LogP contribution in [-0.2, 0) is 16.1 Å². The van der Waals surface area contributed by atoms with Crippen LogP contribution in [0.4, 0.5) is 10.2 Å². The van der Waals surface area contributed by atoms with Gasteiger partial charge in [0.05, 0.1) is 11.1 Å². The first-order valence-corrected chi connectivity index (χ1v) is 9.93. The number of piperazine rings is 1. The molecule has 1 saturated carbocycles. The molecule has 1 aliphatic carbocycles. The van der Waals surface area contributed by atoms with E-state index < -0.39 is 23.9 Å². The van der Waals surface area contributed by atoms with Crippen molar-refractivity contribution < 1.29 is 19.1 Å². The molecule has 1 aliphatic heterocycles. The van der Waals surface area contributed by atoms with E-state index in [2.05, 4.69) is 4.98 Å². The zero-order valence-electron chi connectivity index (χ0n) is 15.3. The zero-order chi connectivity index (χ0) is 20.7. The quantitative estimate of drug-likeness (QED) is 0.797. The fraction of sp³-hybridized carbons (Fsp3) is 0.350. The second kappa shape index (κ2) is 7.89. The van der Waals surface area contributed by atoms with Gasteiger partial charge in [0.25, 0.3) is 5.91 Å². The molecule has 6 nitrogen and oxygen atoms in total. The van der Waals surface area contributed by atoms with Crippen LogP contribution >= 0.6 is 23.2 Å². The number of aliphatic hydroxyl groups excluding tert-OH is 1. The van der Waals surface area contributed by atoms with E-state index in [0.717, 1.165) is 16.5 Å². The molecule has 2 fully saturated rings. The van der Waals surface area contributed by atoms with Crippen LogP contribution in [0.2, 0.25) is 10.0 Å². The van der Waals surface area contributed by atoms with Crippen molar-refractivity contribution in [3.8, 4) is 0 Å². The van der Waals surface area contributed by atoms with Crippen LogP contribution in [-0.4, -0.2) is 45.5 Å². The van der Waals surface area contributed by atoms with E-state index in [1.807, 2.05) is 0 Å². The molecule has 0 unspecified atom stereocenters. The molecule has 152 valence electrons. The lowest BCUT2D eigenvalue weighted by Gasteiger charge is -2.47. The molecule has 2 heterocycles. The van der Waals surface area contributed by atoms with Gasteiger partial charge >= 0.3 is 0 Å². The summed E-state index contributed by atoms with van der Waals surface area (Å²) in [7, 11) is 0. The molecule has 2 aliphatic rings. The minimum Gasteiger partial charge on any atom is -0.393 e. The molecular formula is C20H18Cl2FN3O3. The molecule has 1 atom stereocenters. The Balaban J connectivity index is 1.65. The number of amides is 2. The van der Waals surface area contributed by atoms with Gasteiger partial charge in [0, 0.05) is 17.8 Å². The highest BCUT2D eigenvalue weighted by Crippen LogP contribution is 2.37. The van der Waals surface area contributed by atoms with Crippen molar-refractivity contribution in [3.05, 3.63) is 58.0 Å². The summed E-state index contributed by atoms with van der Waals surface area (Å²) in [4.78, 5) is 32.8. The fourth-order valence-corrected chi connectivity index (χ4v) is 4.12. The second-order valence-corrected chi connectivity index (χ2v) is 8.23. The van der Waals surface area contributed by atoms with Gasteiger partial charge in [-0.25, -0.2) is 9.37 Å². The molecule has 1 saturated heterocycles. The summed E-state index contributed by atoms with van der Waals surface area (Å²) in [6, 6.07) is 7.28. The molecule has 1 aromatic heterocycles. The normalized spacial score (nSPS) is 24.6. The average Bonchev–Trinajstić information content (AvgIpc) is 2.65. The van der Waals surface area contributed by atoms with Gasteiger partial charge in [-0.05, 0) is 42.5 Å². The van der Waals surface area contributed by atoms with Gasteiger partial charge in [-0.2, -0.15) is 0 Å². The van der Waals surface area contributed by atoms with Gasteiger partial charge in [-0.1, -0.05) is 35.3 Å². The Hall–Kier alpha value is -2.22. The van der Waals surface area contributed by atoms with E-state index in [-0.39, 0.29) is 35.8 Å². The highest BCUT2D eigenvalue weighted by molar-refractivity contribution is 6.30. The number of benzene rings is 1. The molecule has 0 bridgehead atoms. The van der Waals surface area contributed by atoms with Crippen molar-refractivity contribution in [2.24, 2.45) is 5.92 Å². The predicted molar refractivity (Wildman–Crippen MR) is 106 cm³/mol. The van der Waals surface area contributed by atoms with Crippen LogP contribution < -0.4 is 4.90 Å². The minimum atomic E-state index is -0.799. The monoisotopic (exact) mass is 437 g/mol. The molecule has 1 N–H and O–H groups in total. The van der Waals surface area contributed by atoms with E-state index >= 15 is 0 Å². The van der Waals surface area contributed by atoms with Gasteiger partial charge in [0.2, 0.25) is 5.91 Å². The predicted octanol–water partition coefficient (Wildman–Crippen LogP) is 3.04. The first-order chi connectivity index (χ1) is 13.8. The molecule has 2 aromatic rings.